The number of nitro benzene ring substituents is 1. The summed E-state index contributed by atoms with van der Waals surface area (Å²) in [6, 6.07) is 5.91. The van der Waals surface area contributed by atoms with Gasteiger partial charge in [0.15, 0.2) is 0 Å². The van der Waals surface area contributed by atoms with Crippen molar-refractivity contribution in [2.24, 2.45) is 0 Å². The van der Waals surface area contributed by atoms with Gasteiger partial charge in [-0.05, 0) is 6.07 Å². The van der Waals surface area contributed by atoms with Gasteiger partial charge in [-0.3, -0.25) is 10.1 Å². The number of halogens is 1. The number of benzene rings is 1. The molecule has 0 aliphatic heterocycles. The second-order valence-electron chi connectivity index (χ2n) is 2.05. The predicted molar refractivity (Wildman–Crippen MR) is 42.1 cm³/mol. The summed E-state index contributed by atoms with van der Waals surface area (Å²) in [4.78, 5) is 9.69. The zero-order chi connectivity index (χ0) is 9.14. The van der Waals surface area contributed by atoms with Crippen LogP contribution in [0.5, 0.6) is 0 Å². The third-order valence-corrected chi connectivity index (χ3v) is 1.61. The van der Waals surface area contributed by atoms with Crippen LogP contribution in [-0.4, -0.2) is 4.92 Å². The fraction of sp³-hybridized carbons (Fsp3) is 0. The molecule has 4 nitrogen and oxygen atoms in total. The summed E-state index contributed by atoms with van der Waals surface area (Å²) < 4.78 is 0. The lowest BCUT2D eigenvalue weighted by Gasteiger charge is -1.91. The number of rotatable bonds is 1. The minimum Gasteiger partial charge on any atom is -0.258 e. The maximum absolute atomic E-state index is 10.2. The van der Waals surface area contributed by atoms with Crippen LogP contribution in [0.4, 0.5) is 5.69 Å². The molecule has 1 aromatic rings. The Labute approximate surface area is 73.1 Å². The summed E-state index contributed by atoms with van der Waals surface area (Å²) in [5, 5.41) is 17.2. The van der Waals surface area contributed by atoms with Gasteiger partial charge in [0.25, 0.3) is 5.69 Å². The lowest BCUT2D eigenvalue weighted by atomic mass is 10.2. The molecule has 0 bridgehead atoms. The summed E-state index contributed by atoms with van der Waals surface area (Å²) in [6.45, 7) is 0. The molecule has 0 radical (unpaired) electrons. The van der Waals surface area contributed by atoms with Crippen LogP contribution >= 0.6 is 11.6 Å². The van der Waals surface area contributed by atoms with Crippen molar-refractivity contribution in [1.82, 2.24) is 0 Å². The zero-order valence-electron chi connectivity index (χ0n) is 5.87. The van der Waals surface area contributed by atoms with Crippen LogP contribution in [-0.2, 0) is 0 Å². The topological polar surface area (TPSA) is 66.9 Å². The lowest BCUT2D eigenvalue weighted by molar-refractivity contribution is -0.384. The molecule has 1 N–H and O–H groups in total. The van der Waals surface area contributed by atoms with Crippen LogP contribution in [0.1, 0.15) is 5.56 Å². The SMILES string of the molecule is [NH+]#Cc1ccc([N+](=O)[O-])cc1Cl. The predicted octanol–water partition coefficient (Wildman–Crippen LogP) is 0.369. The first-order valence-electron chi connectivity index (χ1n) is 3.02. The van der Waals surface area contributed by atoms with Crippen molar-refractivity contribution in [3.05, 3.63) is 38.9 Å². The van der Waals surface area contributed by atoms with Crippen molar-refractivity contribution in [2.75, 3.05) is 0 Å². The number of hydrogen-bond acceptors (Lipinski definition) is 2. The Kier molecular flexibility index (Phi) is 2.26. The van der Waals surface area contributed by atoms with Crippen molar-refractivity contribution in [3.63, 3.8) is 0 Å². The van der Waals surface area contributed by atoms with E-state index in [2.05, 4.69) is 6.07 Å². The van der Waals surface area contributed by atoms with E-state index in [1.54, 1.807) is 0 Å². The Balaban J connectivity index is 3.21. The van der Waals surface area contributed by atoms with Gasteiger partial charge in [0.05, 0.1) is 9.95 Å². The maximum Gasteiger partial charge on any atom is 0.310 e. The van der Waals surface area contributed by atoms with E-state index in [0.29, 0.717) is 5.56 Å². The largest absolute Gasteiger partial charge is 0.310 e. The van der Waals surface area contributed by atoms with E-state index in [4.69, 9.17) is 16.9 Å². The van der Waals surface area contributed by atoms with Crippen LogP contribution < -0.4 is 5.26 Å². The molecule has 0 fully saturated rings. The second-order valence-corrected chi connectivity index (χ2v) is 2.45. The molecule has 0 aromatic heterocycles. The summed E-state index contributed by atoms with van der Waals surface area (Å²) in [6.07, 6.45) is 0. The van der Waals surface area contributed by atoms with Crippen LogP contribution in [0, 0.1) is 16.2 Å². The molecule has 0 aliphatic rings. The van der Waals surface area contributed by atoms with Crippen LogP contribution in [0.3, 0.4) is 0 Å². The quantitative estimate of drug-likeness (QED) is 0.505. The van der Waals surface area contributed by atoms with Crippen LogP contribution in [0.25, 0.3) is 0 Å². The van der Waals surface area contributed by atoms with Gasteiger partial charge in [-0.2, -0.15) is 0 Å². The highest BCUT2D eigenvalue weighted by molar-refractivity contribution is 6.31. The Morgan fingerprint density at radius 2 is 2.25 bits per heavy atom. The molecule has 0 saturated heterocycles. The lowest BCUT2D eigenvalue weighted by Crippen LogP contribution is -2.17. The van der Waals surface area contributed by atoms with Crippen molar-refractivity contribution in [1.29, 1.82) is 0 Å². The summed E-state index contributed by atoms with van der Waals surface area (Å²) in [7, 11) is 0. The van der Waals surface area contributed by atoms with Gasteiger partial charge >= 0.3 is 6.07 Å². The monoisotopic (exact) mass is 183 g/mol. The molecule has 60 valence electrons. The van der Waals surface area contributed by atoms with Crippen molar-refractivity contribution >= 4 is 17.3 Å². The first-order valence-corrected chi connectivity index (χ1v) is 3.39. The molecule has 0 spiro atoms. The Morgan fingerprint density at radius 3 is 2.67 bits per heavy atom. The first-order chi connectivity index (χ1) is 5.65. The smallest absolute Gasteiger partial charge is 0.258 e. The van der Waals surface area contributed by atoms with E-state index in [1.807, 2.05) is 0 Å². The molecular weight excluding hydrogens is 180 g/mol. The fourth-order valence-electron chi connectivity index (χ4n) is 0.719. The van der Waals surface area contributed by atoms with E-state index in [-0.39, 0.29) is 10.7 Å². The molecule has 5 heteroatoms. The van der Waals surface area contributed by atoms with Gasteiger partial charge in [-0.25, -0.2) is 0 Å². The highest BCUT2D eigenvalue weighted by atomic mass is 35.5. The number of hydrogen-bond donors (Lipinski definition) is 1. The molecule has 0 saturated carbocycles. The molecule has 1 rings (SSSR count). The van der Waals surface area contributed by atoms with Gasteiger partial charge in [0.1, 0.15) is 5.56 Å². The Bertz CT molecular complexity index is 370. The maximum atomic E-state index is 10.2. The third kappa shape index (κ3) is 1.52. The molecule has 0 amide bonds. The standard InChI is InChI=1S/C7H3ClN2O2/c8-7-3-6(10(11)12)2-1-5(7)4-9/h1-3H/p+1. The zero-order valence-corrected chi connectivity index (χ0v) is 6.63. The second kappa shape index (κ2) is 3.20. The van der Waals surface area contributed by atoms with Gasteiger partial charge in [0, 0.05) is 12.1 Å². The normalized spacial score (nSPS) is 9.00. The average Bonchev–Trinajstić information content (AvgIpc) is 2.04. The molecule has 12 heavy (non-hydrogen) atoms. The van der Waals surface area contributed by atoms with E-state index in [1.165, 1.54) is 18.2 Å². The van der Waals surface area contributed by atoms with Crippen molar-refractivity contribution < 1.29 is 10.2 Å². The third-order valence-electron chi connectivity index (χ3n) is 1.30. The summed E-state index contributed by atoms with van der Waals surface area (Å²) in [5.74, 6) is 0. The Morgan fingerprint density at radius 1 is 1.58 bits per heavy atom. The van der Waals surface area contributed by atoms with Gasteiger partial charge in [-0.1, -0.05) is 16.9 Å². The molecule has 0 unspecified atom stereocenters. The van der Waals surface area contributed by atoms with Gasteiger partial charge in [-0.15, -0.1) is 0 Å². The average molecular weight is 184 g/mol. The van der Waals surface area contributed by atoms with E-state index < -0.39 is 4.92 Å². The molecule has 0 aliphatic carbocycles. The summed E-state index contributed by atoms with van der Waals surface area (Å²) in [5.41, 5.74) is 0.265. The number of nitrogens with zero attached hydrogens (tertiary/aromatic N) is 1. The van der Waals surface area contributed by atoms with E-state index >= 15 is 0 Å². The minimum absolute atomic E-state index is 0.0843. The summed E-state index contributed by atoms with van der Waals surface area (Å²) >= 11 is 5.59. The van der Waals surface area contributed by atoms with Gasteiger partial charge < -0.3 is 0 Å². The number of nitrogens with one attached hydrogen (secondary N) is 1. The highest BCUT2D eigenvalue weighted by Crippen LogP contribution is 2.20. The molecule has 0 heterocycles. The Hall–Kier alpha value is -1.60. The fourth-order valence-corrected chi connectivity index (χ4v) is 0.941. The first kappa shape index (κ1) is 8.50. The van der Waals surface area contributed by atoms with Crippen LogP contribution in [0.15, 0.2) is 18.2 Å². The number of non-ortho nitro benzene ring substituents is 1. The molecular formula is C7H4ClN2O2+. The molecule has 1 aromatic carbocycles. The van der Waals surface area contributed by atoms with E-state index in [0.717, 1.165) is 0 Å². The van der Waals surface area contributed by atoms with Crippen molar-refractivity contribution in [3.8, 4) is 6.07 Å². The van der Waals surface area contributed by atoms with E-state index in [9.17, 15) is 10.1 Å². The van der Waals surface area contributed by atoms with Crippen LogP contribution in [0.2, 0.25) is 5.02 Å². The highest BCUT2D eigenvalue weighted by Gasteiger charge is 2.09. The molecule has 0 atom stereocenters. The minimum atomic E-state index is -0.542. The van der Waals surface area contributed by atoms with Crippen molar-refractivity contribution in [2.45, 2.75) is 0 Å². The number of nitro groups is 1. The van der Waals surface area contributed by atoms with Gasteiger partial charge in [0.2, 0.25) is 0 Å².